The number of carboxylic acid groups (broad SMARTS) is 1. The highest BCUT2D eigenvalue weighted by Gasteiger charge is 2.16. The molecule has 0 fully saturated rings. The van der Waals surface area contributed by atoms with Crippen molar-refractivity contribution in [3.8, 4) is 10.6 Å². The van der Waals surface area contributed by atoms with Gasteiger partial charge in [0, 0.05) is 18.0 Å². The Morgan fingerprint density at radius 3 is 2.45 bits per heavy atom. The number of carbonyl (C=O) groups is 1. The number of thiazole rings is 1. The Balaban J connectivity index is 1.98. The van der Waals surface area contributed by atoms with Crippen molar-refractivity contribution in [3.63, 3.8) is 0 Å². The van der Waals surface area contributed by atoms with E-state index in [1.807, 2.05) is 48.5 Å². The molecule has 0 amide bonds. The van der Waals surface area contributed by atoms with Gasteiger partial charge in [-0.15, -0.1) is 11.3 Å². The van der Waals surface area contributed by atoms with E-state index in [1.165, 1.54) is 11.3 Å². The number of aromatic nitrogens is 2. The Bertz CT molecular complexity index is 811. The molecule has 2 heterocycles. The average Bonchev–Trinajstić information content (AvgIpc) is 2.99. The highest BCUT2D eigenvalue weighted by molar-refractivity contribution is 7.17. The Morgan fingerprint density at radius 2 is 1.77 bits per heavy atom. The second-order valence-corrected chi connectivity index (χ2v) is 5.52. The highest BCUT2D eigenvalue weighted by Crippen LogP contribution is 2.28. The Hall–Kier alpha value is -2.79. The van der Waals surface area contributed by atoms with E-state index in [2.05, 4.69) is 9.97 Å². The van der Waals surface area contributed by atoms with E-state index in [0.717, 1.165) is 11.1 Å². The molecule has 0 radical (unpaired) electrons. The summed E-state index contributed by atoms with van der Waals surface area (Å²) in [7, 11) is 0. The minimum atomic E-state index is -0.967. The van der Waals surface area contributed by atoms with Crippen LogP contribution in [-0.2, 0) is 0 Å². The number of hydrogen-bond donors (Lipinski definition) is 1. The number of carboxylic acids is 1. The minimum absolute atomic E-state index is 0.235. The SMILES string of the molecule is O=C(O)c1sc(-c2ccncc2)nc1/C=C/c1ccccc1. The van der Waals surface area contributed by atoms with Crippen molar-refractivity contribution in [2.24, 2.45) is 0 Å². The molecular weight excluding hydrogens is 296 g/mol. The number of rotatable bonds is 4. The Morgan fingerprint density at radius 1 is 1.05 bits per heavy atom. The number of pyridine rings is 1. The molecule has 2 aromatic heterocycles. The van der Waals surface area contributed by atoms with Crippen molar-refractivity contribution in [2.45, 2.75) is 0 Å². The van der Waals surface area contributed by atoms with E-state index >= 15 is 0 Å². The molecule has 3 rings (SSSR count). The zero-order chi connectivity index (χ0) is 15.4. The summed E-state index contributed by atoms with van der Waals surface area (Å²) in [5, 5.41) is 10.0. The molecule has 0 unspecified atom stereocenters. The number of benzene rings is 1. The first-order valence-corrected chi connectivity index (χ1v) is 7.43. The summed E-state index contributed by atoms with van der Waals surface area (Å²) in [6.07, 6.45) is 6.92. The van der Waals surface area contributed by atoms with E-state index < -0.39 is 5.97 Å². The van der Waals surface area contributed by atoms with E-state index in [9.17, 15) is 9.90 Å². The molecule has 0 saturated carbocycles. The van der Waals surface area contributed by atoms with Crippen LogP contribution in [0.5, 0.6) is 0 Å². The Labute approximate surface area is 131 Å². The lowest BCUT2D eigenvalue weighted by Crippen LogP contribution is -1.94. The monoisotopic (exact) mass is 308 g/mol. The molecule has 108 valence electrons. The van der Waals surface area contributed by atoms with Gasteiger partial charge in [-0.05, 0) is 23.8 Å². The summed E-state index contributed by atoms with van der Waals surface area (Å²) in [6.45, 7) is 0. The van der Waals surface area contributed by atoms with Crippen molar-refractivity contribution in [1.82, 2.24) is 9.97 Å². The van der Waals surface area contributed by atoms with Gasteiger partial charge < -0.3 is 5.11 Å². The van der Waals surface area contributed by atoms with E-state index in [0.29, 0.717) is 10.7 Å². The molecule has 0 aliphatic carbocycles. The molecule has 3 aromatic rings. The van der Waals surface area contributed by atoms with Gasteiger partial charge in [0.15, 0.2) is 0 Å². The first-order valence-electron chi connectivity index (χ1n) is 6.61. The van der Waals surface area contributed by atoms with Crippen LogP contribution in [0, 0.1) is 0 Å². The van der Waals surface area contributed by atoms with Crippen LogP contribution in [0.4, 0.5) is 0 Å². The van der Waals surface area contributed by atoms with Gasteiger partial charge in [-0.2, -0.15) is 0 Å². The lowest BCUT2D eigenvalue weighted by atomic mass is 10.2. The molecule has 22 heavy (non-hydrogen) atoms. The standard InChI is InChI=1S/C17H12N2O2S/c20-17(21)15-14(7-6-12-4-2-1-3-5-12)19-16(22-15)13-8-10-18-11-9-13/h1-11H,(H,20,21)/b7-6+. The van der Waals surface area contributed by atoms with Gasteiger partial charge in [-0.1, -0.05) is 36.4 Å². The average molecular weight is 308 g/mol. The first-order chi connectivity index (χ1) is 10.7. The highest BCUT2D eigenvalue weighted by atomic mass is 32.1. The first kappa shape index (κ1) is 14.2. The summed E-state index contributed by atoms with van der Waals surface area (Å²) in [5.74, 6) is -0.967. The van der Waals surface area contributed by atoms with Crippen molar-refractivity contribution in [1.29, 1.82) is 0 Å². The molecule has 4 nitrogen and oxygen atoms in total. The second-order valence-electron chi connectivity index (χ2n) is 4.52. The lowest BCUT2D eigenvalue weighted by Gasteiger charge is -1.93. The predicted molar refractivity (Wildman–Crippen MR) is 87.7 cm³/mol. The van der Waals surface area contributed by atoms with Crippen LogP contribution in [0.25, 0.3) is 22.7 Å². The maximum atomic E-state index is 11.4. The van der Waals surface area contributed by atoms with Crippen LogP contribution in [0.2, 0.25) is 0 Å². The zero-order valence-electron chi connectivity index (χ0n) is 11.5. The topological polar surface area (TPSA) is 63.1 Å². The molecule has 0 aliphatic rings. The number of aromatic carboxylic acids is 1. The number of nitrogens with zero attached hydrogens (tertiary/aromatic N) is 2. The van der Waals surface area contributed by atoms with Gasteiger partial charge in [0.1, 0.15) is 9.88 Å². The van der Waals surface area contributed by atoms with Gasteiger partial charge >= 0.3 is 5.97 Å². The maximum absolute atomic E-state index is 11.4. The van der Waals surface area contributed by atoms with Crippen LogP contribution < -0.4 is 0 Å². The third kappa shape index (κ3) is 3.10. The van der Waals surface area contributed by atoms with Gasteiger partial charge in [0.05, 0.1) is 5.69 Å². The smallest absolute Gasteiger partial charge is 0.348 e. The summed E-state index contributed by atoms with van der Waals surface area (Å²) in [5.41, 5.74) is 2.33. The second kappa shape index (κ2) is 6.32. The predicted octanol–water partition coefficient (Wildman–Crippen LogP) is 4.07. The van der Waals surface area contributed by atoms with Crippen LogP contribution in [-0.4, -0.2) is 21.0 Å². The molecule has 0 saturated heterocycles. The molecule has 0 aliphatic heterocycles. The normalized spacial score (nSPS) is 10.9. The maximum Gasteiger partial charge on any atom is 0.348 e. The van der Waals surface area contributed by atoms with Crippen LogP contribution >= 0.6 is 11.3 Å². The summed E-state index contributed by atoms with van der Waals surface area (Å²) < 4.78 is 0. The third-order valence-corrected chi connectivity index (χ3v) is 4.12. The van der Waals surface area contributed by atoms with Gasteiger partial charge in [0.2, 0.25) is 0 Å². The molecule has 1 N–H and O–H groups in total. The van der Waals surface area contributed by atoms with E-state index in [4.69, 9.17) is 0 Å². The number of hydrogen-bond acceptors (Lipinski definition) is 4. The largest absolute Gasteiger partial charge is 0.477 e. The fourth-order valence-corrected chi connectivity index (χ4v) is 2.85. The summed E-state index contributed by atoms with van der Waals surface area (Å²) >= 11 is 1.17. The quantitative estimate of drug-likeness (QED) is 0.789. The molecule has 0 spiro atoms. The van der Waals surface area contributed by atoms with E-state index in [-0.39, 0.29) is 4.88 Å². The fourth-order valence-electron chi connectivity index (χ4n) is 1.96. The van der Waals surface area contributed by atoms with Crippen molar-refractivity contribution >= 4 is 29.5 Å². The van der Waals surface area contributed by atoms with Gasteiger partial charge in [0.25, 0.3) is 0 Å². The van der Waals surface area contributed by atoms with Crippen LogP contribution in [0.3, 0.4) is 0 Å². The molecular formula is C17H12N2O2S. The van der Waals surface area contributed by atoms with Gasteiger partial charge in [-0.3, -0.25) is 4.98 Å². The van der Waals surface area contributed by atoms with Crippen LogP contribution in [0.1, 0.15) is 20.9 Å². The summed E-state index contributed by atoms with van der Waals surface area (Å²) in [6, 6.07) is 13.3. The van der Waals surface area contributed by atoms with E-state index in [1.54, 1.807) is 18.5 Å². The minimum Gasteiger partial charge on any atom is -0.477 e. The van der Waals surface area contributed by atoms with Crippen molar-refractivity contribution in [3.05, 3.63) is 71.0 Å². The molecule has 0 bridgehead atoms. The van der Waals surface area contributed by atoms with Crippen molar-refractivity contribution < 1.29 is 9.90 Å². The van der Waals surface area contributed by atoms with Crippen molar-refractivity contribution in [2.75, 3.05) is 0 Å². The molecule has 1 aromatic carbocycles. The molecule has 5 heteroatoms. The molecule has 0 atom stereocenters. The fraction of sp³-hybridized carbons (Fsp3) is 0. The lowest BCUT2D eigenvalue weighted by molar-refractivity contribution is 0.0701. The summed E-state index contributed by atoms with van der Waals surface area (Å²) in [4.78, 5) is 20.0. The Kier molecular flexibility index (Phi) is 4.07. The van der Waals surface area contributed by atoms with Crippen LogP contribution in [0.15, 0.2) is 54.9 Å². The third-order valence-electron chi connectivity index (χ3n) is 3.01. The van der Waals surface area contributed by atoms with Gasteiger partial charge in [-0.25, -0.2) is 9.78 Å². The zero-order valence-corrected chi connectivity index (χ0v) is 12.3.